The predicted octanol–water partition coefficient (Wildman–Crippen LogP) is 4.89. The Hall–Kier alpha value is -3.39. The van der Waals surface area contributed by atoms with E-state index in [4.69, 9.17) is 0 Å². The average Bonchev–Trinajstić information content (AvgIpc) is 3.36. The van der Waals surface area contributed by atoms with E-state index >= 15 is 0 Å². The lowest BCUT2D eigenvalue weighted by Gasteiger charge is -2.10. The molecule has 0 aliphatic heterocycles. The van der Waals surface area contributed by atoms with Crippen molar-refractivity contribution in [3.63, 3.8) is 0 Å². The molecule has 164 valence electrons. The maximum Gasteiger partial charge on any atom is 0.236 e. The predicted molar refractivity (Wildman–Crippen MR) is 128 cm³/mol. The topological polar surface area (TPSA) is 77.6 Å². The van der Waals surface area contributed by atoms with Crippen LogP contribution >= 0.6 is 11.8 Å². The van der Waals surface area contributed by atoms with Crippen molar-refractivity contribution < 1.29 is 4.79 Å². The van der Waals surface area contributed by atoms with Gasteiger partial charge in [-0.2, -0.15) is 5.10 Å². The van der Waals surface area contributed by atoms with Crippen LogP contribution in [0.4, 0.5) is 5.82 Å². The minimum Gasteiger partial charge on any atom is -0.310 e. The first-order valence-electron chi connectivity index (χ1n) is 10.6. The fraction of sp³-hybridized carbons (Fsp3) is 0.250. The Labute approximate surface area is 191 Å². The third kappa shape index (κ3) is 4.91. The number of benzene rings is 2. The van der Waals surface area contributed by atoms with Crippen molar-refractivity contribution in [2.45, 2.75) is 38.9 Å². The number of hydrogen-bond acceptors (Lipinski definition) is 5. The molecular formula is C24H26N6OS. The van der Waals surface area contributed by atoms with Crippen molar-refractivity contribution in [1.82, 2.24) is 24.5 Å². The molecule has 0 bridgehead atoms. The van der Waals surface area contributed by atoms with E-state index in [1.54, 1.807) is 4.68 Å². The van der Waals surface area contributed by atoms with Crippen LogP contribution in [0.3, 0.4) is 0 Å². The number of aryl methyl sites for hydroxylation is 2. The molecule has 4 rings (SSSR count). The summed E-state index contributed by atoms with van der Waals surface area (Å²) in [6.07, 6.45) is 0.951. The Morgan fingerprint density at radius 2 is 1.84 bits per heavy atom. The highest BCUT2D eigenvalue weighted by Gasteiger charge is 2.16. The molecule has 2 aromatic heterocycles. The molecule has 0 unspecified atom stereocenters. The summed E-state index contributed by atoms with van der Waals surface area (Å²) in [5, 5.41) is 17.0. The Kier molecular flexibility index (Phi) is 6.70. The lowest BCUT2D eigenvalue weighted by atomic mass is 10.1. The number of rotatable bonds is 8. The average molecular weight is 447 g/mol. The molecule has 4 aromatic rings. The van der Waals surface area contributed by atoms with Crippen LogP contribution in [0.2, 0.25) is 0 Å². The van der Waals surface area contributed by atoms with E-state index in [1.165, 1.54) is 17.3 Å². The molecule has 32 heavy (non-hydrogen) atoms. The standard InChI is InChI=1S/C24H26N6OS/c1-4-13-29-23(19-10-8-9-17(2)14-19)26-27-24(29)32-16-22(31)25-21-15-18(3)28-30(21)20-11-6-5-7-12-20/h5-12,14-15H,4,13,16H2,1-3H3,(H,25,31). The minimum absolute atomic E-state index is 0.116. The van der Waals surface area contributed by atoms with Gasteiger partial charge in [0.1, 0.15) is 5.82 Å². The molecule has 0 radical (unpaired) electrons. The van der Waals surface area contributed by atoms with E-state index in [1.807, 2.05) is 55.5 Å². The molecule has 0 spiro atoms. The zero-order valence-corrected chi connectivity index (χ0v) is 19.3. The van der Waals surface area contributed by atoms with E-state index in [0.29, 0.717) is 5.82 Å². The molecule has 0 saturated heterocycles. The number of carbonyl (C=O) groups excluding carboxylic acids is 1. The number of hydrogen-bond donors (Lipinski definition) is 1. The van der Waals surface area contributed by atoms with Gasteiger partial charge in [0.15, 0.2) is 11.0 Å². The Balaban J connectivity index is 1.48. The highest BCUT2D eigenvalue weighted by atomic mass is 32.2. The summed E-state index contributed by atoms with van der Waals surface area (Å²) in [6, 6.07) is 19.8. The third-order valence-corrected chi connectivity index (χ3v) is 5.84. The molecule has 7 nitrogen and oxygen atoms in total. The van der Waals surface area contributed by atoms with Crippen LogP contribution < -0.4 is 5.32 Å². The number of thioether (sulfide) groups is 1. The van der Waals surface area contributed by atoms with Gasteiger partial charge in [-0.05, 0) is 38.5 Å². The molecule has 1 N–H and O–H groups in total. The second-order valence-electron chi connectivity index (χ2n) is 7.58. The zero-order valence-electron chi connectivity index (χ0n) is 18.4. The molecule has 2 aromatic carbocycles. The zero-order chi connectivity index (χ0) is 22.5. The molecule has 0 atom stereocenters. The summed E-state index contributed by atoms with van der Waals surface area (Å²) in [7, 11) is 0. The SMILES string of the molecule is CCCn1c(SCC(=O)Nc2cc(C)nn2-c2ccccc2)nnc1-c1cccc(C)c1. The maximum atomic E-state index is 12.7. The fourth-order valence-electron chi connectivity index (χ4n) is 3.48. The summed E-state index contributed by atoms with van der Waals surface area (Å²) in [4.78, 5) is 12.7. The molecule has 8 heteroatoms. The first kappa shape index (κ1) is 21.8. The largest absolute Gasteiger partial charge is 0.310 e. The van der Waals surface area contributed by atoms with Crippen molar-refractivity contribution in [2.75, 3.05) is 11.1 Å². The maximum absolute atomic E-state index is 12.7. The molecule has 0 aliphatic carbocycles. The monoisotopic (exact) mass is 446 g/mol. The molecular weight excluding hydrogens is 420 g/mol. The molecule has 0 saturated carbocycles. The fourth-order valence-corrected chi connectivity index (χ4v) is 4.25. The normalized spacial score (nSPS) is 11.0. The highest BCUT2D eigenvalue weighted by Crippen LogP contribution is 2.25. The minimum atomic E-state index is -0.116. The van der Waals surface area contributed by atoms with Crippen LogP contribution in [-0.2, 0) is 11.3 Å². The van der Waals surface area contributed by atoms with Gasteiger partial charge < -0.3 is 9.88 Å². The smallest absolute Gasteiger partial charge is 0.236 e. The van der Waals surface area contributed by atoms with E-state index in [9.17, 15) is 4.79 Å². The van der Waals surface area contributed by atoms with Gasteiger partial charge in [-0.1, -0.05) is 60.6 Å². The van der Waals surface area contributed by atoms with Gasteiger partial charge >= 0.3 is 0 Å². The van der Waals surface area contributed by atoms with E-state index in [2.05, 4.69) is 51.2 Å². The van der Waals surface area contributed by atoms with E-state index < -0.39 is 0 Å². The van der Waals surface area contributed by atoms with Gasteiger partial charge in [0, 0.05) is 18.2 Å². The van der Waals surface area contributed by atoms with Gasteiger partial charge in [0.25, 0.3) is 0 Å². The van der Waals surface area contributed by atoms with E-state index in [-0.39, 0.29) is 11.7 Å². The number of amides is 1. The Bertz CT molecular complexity index is 1210. The van der Waals surface area contributed by atoms with Crippen LogP contribution in [0.5, 0.6) is 0 Å². The summed E-state index contributed by atoms with van der Waals surface area (Å²) in [5.41, 5.74) is 3.94. The Morgan fingerprint density at radius 3 is 2.59 bits per heavy atom. The second-order valence-corrected chi connectivity index (χ2v) is 8.52. The number of aromatic nitrogens is 5. The first-order chi connectivity index (χ1) is 15.5. The van der Waals surface area contributed by atoms with Gasteiger partial charge in [0.05, 0.1) is 17.1 Å². The molecule has 1 amide bonds. The van der Waals surface area contributed by atoms with Crippen molar-refractivity contribution in [1.29, 1.82) is 0 Å². The van der Waals surface area contributed by atoms with Crippen molar-refractivity contribution in [3.05, 3.63) is 71.9 Å². The summed E-state index contributed by atoms with van der Waals surface area (Å²) >= 11 is 1.39. The van der Waals surface area contributed by atoms with Crippen LogP contribution in [0.15, 0.2) is 65.8 Å². The van der Waals surface area contributed by atoms with Crippen LogP contribution in [-0.4, -0.2) is 36.2 Å². The number of carbonyl (C=O) groups is 1. The number of anilines is 1. The number of nitrogens with zero attached hydrogens (tertiary/aromatic N) is 5. The summed E-state index contributed by atoms with van der Waals surface area (Å²) in [6.45, 7) is 6.88. The van der Waals surface area contributed by atoms with Crippen molar-refractivity contribution in [3.8, 4) is 17.1 Å². The Morgan fingerprint density at radius 1 is 1.03 bits per heavy atom. The summed E-state index contributed by atoms with van der Waals surface area (Å²) < 4.78 is 3.83. The van der Waals surface area contributed by atoms with Gasteiger partial charge in [-0.3, -0.25) is 4.79 Å². The van der Waals surface area contributed by atoms with Gasteiger partial charge in [-0.15, -0.1) is 10.2 Å². The van der Waals surface area contributed by atoms with Crippen molar-refractivity contribution in [2.24, 2.45) is 0 Å². The van der Waals surface area contributed by atoms with Crippen molar-refractivity contribution >= 4 is 23.5 Å². The van der Waals surface area contributed by atoms with Crippen LogP contribution in [0.25, 0.3) is 17.1 Å². The summed E-state index contributed by atoms with van der Waals surface area (Å²) in [5.74, 6) is 1.59. The second kappa shape index (κ2) is 9.82. The van der Waals surface area contributed by atoms with E-state index in [0.717, 1.165) is 40.9 Å². The lowest BCUT2D eigenvalue weighted by Crippen LogP contribution is -2.17. The molecule has 0 fully saturated rings. The first-order valence-corrected chi connectivity index (χ1v) is 11.6. The van der Waals surface area contributed by atoms with Crippen LogP contribution in [0.1, 0.15) is 24.6 Å². The van der Waals surface area contributed by atoms with Gasteiger partial charge in [0.2, 0.25) is 5.91 Å². The third-order valence-electron chi connectivity index (χ3n) is 4.87. The molecule has 0 aliphatic rings. The van der Waals surface area contributed by atoms with Gasteiger partial charge in [-0.25, -0.2) is 4.68 Å². The number of para-hydroxylation sites is 1. The number of nitrogens with one attached hydrogen (secondary N) is 1. The lowest BCUT2D eigenvalue weighted by molar-refractivity contribution is -0.113. The quantitative estimate of drug-likeness (QED) is 0.390. The molecule has 2 heterocycles. The highest BCUT2D eigenvalue weighted by molar-refractivity contribution is 7.99. The van der Waals surface area contributed by atoms with Crippen LogP contribution in [0, 0.1) is 13.8 Å².